The minimum Gasteiger partial charge on any atom is -0.497 e. The lowest BCUT2D eigenvalue weighted by molar-refractivity contribution is 0.415. The molecule has 2 heterocycles. The van der Waals surface area contributed by atoms with Crippen molar-refractivity contribution in [3.63, 3.8) is 0 Å². The van der Waals surface area contributed by atoms with Crippen molar-refractivity contribution in [2.45, 2.75) is 6.92 Å². The fourth-order valence-corrected chi connectivity index (χ4v) is 2.70. The molecule has 4 aromatic rings. The molecule has 0 amide bonds. The summed E-state index contributed by atoms with van der Waals surface area (Å²) in [5.41, 5.74) is 3.83. The number of ether oxygens (including phenoxy) is 1. The first-order chi connectivity index (χ1) is 12.2. The quantitative estimate of drug-likeness (QED) is 0.615. The Morgan fingerprint density at radius 1 is 1.04 bits per heavy atom. The van der Waals surface area contributed by atoms with Crippen molar-refractivity contribution in [1.29, 1.82) is 0 Å². The number of aryl methyl sites for hydroxylation is 1. The lowest BCUT2D eigenvalue weighted by atomic mass is 10.2. The van der Waals surface area contributed by atoms with Crippen LogP contribution < -0.4 is 10.1 Å². The van der Waals surface area contributed by atoms with E-state index in [9.17, 15) is 0 Å². The molecule has 2 aromatic heterocycles. The fourth-order valence-electron chi connectivity index (χ4n) is 2.70. The van der Waals surface area contributed by atoms with E-state index in [-0.39, 0.29) is 0 Å². The number of methoxy groups -OCH3 is 1. The summed E-state index contributed by atoms with van der Waals surface area (Å²) in [6, 6.07) is 15.8. The van der Waals surface area contributed by atoms with Crippen LogP contribution in [0.4, 0.5) is 11.5 Å². The van der Waals surface area contributed by atoms with Crippen molar-refractivity contribution in [3.05, 3.63) is 66.6 Å². The Hall–Kier alpha value is -3.41. The van der Waals surface area contributed by atoms with Crippen molar-refractivity contribution < 1.29 is 4.74 Å². The van der Waals surface area contributed by atoms with Crippen molar-refractivity contribution >= 4 is 22.5 Å². The molecule has 0 aliphatic rings. The molecule has 25 heavy (non-hydrogen) atoms. The molecule has 1 N–H and O–H groups in total. The van der Waals surface area contributed by atoms with Gasteiger partial charge in [0.1, 0.15) is 17.9 Å². The lowest BCUT2D eigenvalue weighted by Crippen LogP contribution is -1.99. The maximum absolute atomic E-state index is 5.18. The van der Waals surface area contributed by atoms with Crippen LogP contribution in [0.1, 0.15) is 5.56 Å². The summed E-state index contributed by atoms with van der Waals surface area (Å²) in [4.78, 5) is 8.77. The molecular formula is C19H17N5O. The molecular weight excluding hydrogens is 314 g/mol. The third-order valence-electron chi connectivity index (χ3n) is 3.96. The van der Waals surface area contributed by atoms with Crippen LogP contribution in [0.3, 0.4) is 0 Å². The third kappa shape index (κ3) is 2.89. The molecule has 0 saturated carbocycles. The smallest absolute Gasteiger partial charge is 0.168 e. The third-order valence-corrected chi connectivity index (χ3v) is 3.96. The van der Waals surface area contributed by atoms with E-state index in [1.54, 1.807) is 19.6 Å². The van der Waals surface area contributed by atoms with Crippen LogP contribution in [0.5, 0.6) is 5.75 Å². The van der Waals surface area contributed by atoms with Crippen LogP contribution in [0.2, 0.25) is 0 Å². The van der Waals surface area contributed by atoms with Gasteiger partial charge < -0.3 is 10.1 Å². The summed E-state index contributed by atoms with van der Waals surface area (Å²) < 4.78 is 7.01. The highest BCUT2D eigenvalue weighted by atomic mass is 16.5. The Bertz CT molecular complexity index is 1020. The number of nitrogens with zero attached hydrogens (tertiary/aromatic N) is 4. The second-order valence-corrected chi connectivity index (χ2v) is 5.71. The second kappa shape index (κ2) is 6.24. The van der Waals surface area contributed by atoms with Gasteiger partial charge in [-0.25, -0.2) is 14.6 Å². The van der Waals surface area contributed by atoms with Crippen LogP contribution in [0, 0.1) is 6.92 Å². The average molecular weight is 331 g/mol. The van der Waals surface area contributed by atoms with E-state index >= 15 is 0 Å². The van der Waals surface area contributed by atoms with Crippen LogP contribution >= 0.6 is 0 Å². The molecule has 0 aliphatic heterocycles. The van der Waals surface area contributed by atoms with Gasteiger partial charge in [-0.2, -0.15) is 5.10 Å². The number of fused-ring (bicyclic) bond motifs is 1. The fraction of sp³-hybridized carbons (Fsp3) is 0.105. The van der Waals surface area contributed by atoms with E-state index in [4.69, 9.17) is 4.74 Å². The largest absolute Gasteiger partial charge is 0.497 e. The first-order valence-corrected chi connectivity index (χ1v) is 7.91. The number of benzene rings is 2. The standard InChI is InChI=1S/C19H17N5O/c1-13-4-3-5-15(10-13)24-19-17(11-22-24)18(20-12-21-19)23-14-6-8-16(25-2)9-7-14/h3-12H,1-2H3,(H,20,21,23). The Kier molecular flexibility index (Phi) is 3.78. The van der Waals surface area contributed by atoms with Crippen molar-refractivity contribution in [3.8, 4) is 11.4 Å². The summed E-state index contributed by atoms with van der Waals surface area (Å²) in [5.74, 6) is 1.53. The maximum atomic E-state index is 5.18. The summed E-state index contributed by atoms with van der Waals surface area (Å²) in [7, 11) is 1.65. The second-order valence-electron chi connectivity index (χ2n) is 5.71. The van der Waals surface area contributed by atoms with Crippen LogP contribution in [-0.4, -0.2) is 26.9 Å². The molecule has 124 valence electrons. The van der Waals surface area contributed by atoms with Gasteiger partial charge in [-0.15, -0.1) is 0 Å². The lowest BCUT2D eigenvalue weighted by Gasteiger charge is -2.08. The van der Waals surface area contributed by atoms with Gasteiger partial charge in [0.25, 0.3) is 0 Å². The zero-order valence-electron chi connectivity index (χ0n) is 14.0. The predicted octanol–water partition coefficient (Wildman–Crippen LogP) is 3.88. The van der Waals surface area contributed by atoms with Gasteiger partial charge in [0.2, 0.25) is 0 Å². The highest BCUT2D eigenvalue weighted by molar-refractivity contribution is 5.89. The molecule has 0 atom stereocenters. The predicted molar refractivity (Wildman–Crippen MR) is 97.7 cm³/mol. The number of rotatable bonds is 4. The Labute approximate surface area is 145 Å². The molecule has 0 saturated heterocycles. The first-order valence-electron chi connectivity index (χ1n) is 7.91. The molecule has 0 unspecified atom stereocenters. The minimum absolute atomic E-state index is 0.717. The topological polar surface area (TPSA) is 64.9 Å². The zero-order valence-corrected chi connectivity index (χ0v) is 14.0. The van der Waals surface area contributed by atoms with Gasteiger partial charge in [0.05, 0.1) is 24.4 Å². The van der Waals surface area contributed by atoms with Crippen molar-refractivity contribution in [2.24, 2.45) is 0 Å². The van der Waals surface area contributed by atoms with E-state index < -0.39 is 0 Å². The Balaban J connectivity index is 1.73. The van der Waals surface area contributed by atoms with Gasteiger partial charge in [-0.3, -0.25) is 0 Å². The highest BCUT2D eigenvalue weighted by Crippen LogP contribution is 2.25. The van der Waals surface area contributed by atoms with E-state index in [1.165, 1.54) is 5.56 Å². The Morgan fingerprint density at radius 3 is 2.64 bits per heavy atom. The van der Waals surface area contributed by atoms with E-state index in [0.29, 0.717) is 5.82 Å². The average Bonchev–Trinajstić information content (AvgIpc) is 3.07. The van der Waals surface area contributed by atoms with Gasteiger partial charge >= 0.3 is 0 Å². The van der Waals surface area contributed by atoms with Crippen molar-refractivity contribution in [1.82, 2.24) is 19.7 Å². The molecule has 0 spiro atoms. The minimum atomic E-state index is 0.717. The van der Waals surface area contributed by atoms with Crippen molar-refractivity contribution in [2.75, 3.05) is 12.4 Å². The Morgan fingerprint density at radius 2 is 1.88 bits per heavy atom. The molecule has 0 bridgehead atoms. The van der Waals surface area contributed by atoms with Gasteiger partial charge in [0.15, 0.2) is 5.65 Å². The maximum Gasteiger partial charge on any atom is 0.168 e. The van der Waals surface area contributed by atoms with Crippen LogP contribution in [-0.2, 0) is 0 Å². The monoisotopic (exact) mass is 331 g/mol. The molecule has 0 aliphatic carbocycles. The number of anilines is 2. The van der Waals surface area contributed by atoms with E-state index in [2.05, 4.69) is 39.4 Å². The summed E-state index contributed by atoms with van der Waals surface area (Å²) in [5, 5.41) is 8.67. The molecule has 2 aromatic carbocycles. The zero-order chi connectivity index (χ0) is 17.2. The van der Waals surface area contributed by atoms with Crippen LogP contribution in [0.15, 0.2) is 61.1 Å². The number of hydrogen-bond acceptors (Lipinski definition) is 5. The van der Waals surface area contributed by atoms with E-state index in [0.717, 1.165) is 28.2 Å². The van der Waals surface area contributed by atoms with Gasteiger partial charge in [-0.05, 0) is 48.9 Å². The summed E-state index contributed by atoms with van der Waals surface area (Å²) in [6.07, 6.45) is 3.33. The molecule has 4 rings (SSSR count). The number of nitrogens with one attached hydrogen (secondary N) is 1. The highest BCUT2D eigenvalue weighted by Gasteiger charge is 2.11. The molecule has 6 nitrogen and oxygen atoms in total. The van der Waals surface area contributed by atoms with Gasteiger partial charge in [0, 0.05) is 5.69 Å². The SMILES string of the molecule is COc1ccc(Nc2ncnc3c2cnn3-c2cccc(C)c2)cc1. The first kappa shape index (κ1) is 15.1. The molecule has 0 fully saturated rings. The van der Waals surface area contributed by atoms with E-state index in [1.807, 2.05) is 41.1 Å². The van der Waals surface area contributed by atoms with Crippen LogP contribution in [0.25, 0.3) is 16.7 Å². The molecule has 0 radical (unpaired) electrons. The van der Waals surface area contributed by atoms with Gasteiger partial charge in [-0.1, -0.05) is 12.1 Å². The number of aromatic nitrogens is 4. The summed E-state index contributed by atoms with van der Waals surface area (Å²) in [6.45, 7) is 2.06. The molecule has 6 heteroatoms. The summed E-state index contributed by atoms with van der Waals surface area (Å²) >= 11 is 0. The number of hydrogen-bond donors (Lipinski definition) is 1. The normalized spacial score (nSPS) is 10.8.